The number of amides is 1. The fraction of sp³-hybridized carbons (Fsp3) is 0.318. The van der Waals surface area contributed by atoms with Crippen molar-refractivity contribution in [3.63, 3.8) is 0 Å². The first kappa shape index (κ1) is 19.0. The Balaban J connectivity index is 1.51. The third kappa shape index (κ3) is 4.56. The van der Waals surface area contributed by atoms with Gasteiger partial charge in [-0.2, -0.15) is 5.10 Å². The van der Waals surface area contributed by atoms with Gasteiger partial charge in [0.2, 0.25) is 5.91 Å². The van der Waals surface area contributed by atoms with Gasteiger partial charge in [-0.1, -0.05) is 25.0 Å². The van der Waals surface area contributed by atoms with E-state index >= 15 is 0 Å². The molecule has 7 heteroatoms. The van der Waals surface area contributed by atoms with Crippen LogP contribution in [0.1, 0.15) is 25.7 Å². The molecule has 7 nitrogen and oxygen atoms in total. The van der Waals surface area contributed by atoms with E-state index in [1.54, 1.807) is 24.5 Å². The van der Waals surface area contributed by atoms with Gasteiger partial charge in [-0.3, -0.25) is 9.59 Å². The van der Waals surface area contributed by atoms with E-state index < -0.39 is 0 Å². The van der Waals surface area contributed by atoms with E-state index in [0.717, 1.165) is 42.0 Å². The van der Waals surface area contributed by atoms with Crippen LogP contribution in [0.4, 0.5) is 11.4 Å². The quantitative estimate of drug-likeness (QED) is 0.719. The average molecular weight is 392 g/mol. The van der Waals surface area contributed by atoms with E-state index in [1.165, 1.54) is 18.9 Å². The number of anilines is 2. The van der Waals surface area contributed by atoms with Gasteiger partial charge in [0, 0.05) is 19.2 Å². The maximum Gasteiger partial charge on any atom is 0.267 e. The lowest BCUT2D eigenvalue weighted by molar-refractivity contribution is -0.117. The first-order valence-corrected chi connectivity index (χ1v) is 9.96. The largest absolute Gasteiger partial charge is 0.463 e. The highest BCUT2D eigenvalue weighted by Crippen LogP contribution is 2.28. The van der Waals surface area contributed by atoms with E-state index in [-0.39, 0.29) is 18.0 Å². The molecule has 0 bridgehead atoms. The van der Waals surface area contributed by atoms with Crippen molar-refractivity contribution in [2.45, 2.75) is 32.2 Å². The minimum atomic E-state index is -0.337. The van der Waals surface area contributed by atoms with Gasteiger partial charge in [0.1, 0.15) is 12.2 Å². The fourth-order valence-corrected chi connectivity index (χ4v) is 3.61. The standard InChI is InChI=1S/C22H24N4O3/c27-21(16-26-22(28)12-11-18(24-26)20-10-7-15-29-20)23-17-8-3-4-9-19(17)25-13-5-1-2-6-14-25/h3-4,7-12,15H,1-2,5-6,13-14,16H2,(H,23,27). The van der Waals surface area contributed by atoms with Crippen molar-refractivity contribution >= 4 is 17.3 Å². The second-order valence-corrected chi connectivity index (χ2v) is 7.16. The first-order chi connectivity index (χ1) is 14.2. The summed E-state index contributed by atoms with van der Waals surface area (Å²) in [4.78, 5) is 27.2. The zero-order valence-corrected chi connectivity index (χ0v) is 16.2. The minimum absolute atomic E-state index is 0.165. The number of nitrogens with zero attached hydrogens (tertiary/aromatic N) is 3. The number of nitrogens with one attached hydrogen (secondary N) is 1. The van der Waals surface area contributed by atoms with Gasteiger partial charge in [0.15, 0.2) is 5.76 Å². The van der Waals surface area contributed by atoms with E-state index in [0.29, 0.717) is 11.5 Å². The Morgan fingerprint density at radius 2 is 1.79 bits per heavy atom. The monoisotopic (exact) mass is 392 g/mol. The number of aromatic nitrogens is 2. The van der Waals surface area contributed by atoms with Crippen LogP contribution in [0.25, 0.3) is 11.5 Å². The van der Waals surface area contributed by atoms with Gasteiger partial charge < -0.3 is 14.6 Å². The SMILES string of the molecule is O=C(Cn1nc(-c2ccco2)ccc1=O)Nc1ccccc1N1CCCCCC1. The van der Waals surface area contributed by atoms with Crippen LogP contribution in [0, 0.1) is 0 Å². The molecule has 29 heavy (non-hydrogen) atoms. The number of para-hydroxylation sites is 2. The number of benzene rings is 1. The van der Waals surface area contributed by atoms with Gasteiger partial charge in [-0.05, 0) is 43.2 Å². The van der Waals surface area contributed by atoms with Crippen LogP contribution >= 0.6 is 0 Å². The molecule has 1 fully saturated rings. The summed E-state index contributed by atoms with van der Waals surface area (Å²) in [7, 11) is 0. The molecule has 1 N–H and O–H groups in total. The average Bonchev–Trinajstić information content (AvgIpc) is 3.13. The molecular weight excluding hydrogens is 368 g/mol. The molecule has 1 aromatic carbocycles. The maximum atomic E-state index is 12.7. The summed E-state index contributed by atoms with van der Waals surface area (Å²) >= 11 is 0. The predicted octanol–water partition coefficient (Wildman–Crippen LogP) is 3.52. The molecule has 3 aromatic rings. The lowest BCUT2D eigenvalue weighted by atomic mass is 10.2. The second-order valence-electron chi connectivity index (χ2n) is 7.16. The number of furan rings is 1. The Kier molecular flexibility index (Phi) is 5.74. The van der Waals surface area contributed by atoms with E-state index in [1.807, 2.05) is 24.3 Å². The predicted molar refractivity (Wildman–Crippen MR) is 112 cm³/mol. The third-order valence-electron chi connectivity index (χ3n) is 5.06. The molecule has 1 aliphatic rings. The topological polar surface area (TPSA) is 80.4 Å². The summed E-state index contributed by atoms with van der Waals surface area (Å²) in [6.07, 6.45) is 6.33. The summed E-state index contributed by atoms with van der Waals surface area (Å²) in [5, 5.41) is 7.21. The Morgan fingerprint density at radius 3 is 2.55 bits per heavy atom. The molecular formula is C22H24N4O3. The normalized spacial score (nSPS) is 14.4. The van der Waals surface area contributed by atoms with Crippen molar-refractivity contribution in [1.82, 2.24) is 9.78 Å². The molecule has 1 saturated heterocycles. The molecule has 1 amide bonds. The highest BCUT2D eigenvalue weighted by molar-refractivity contribution is 5.94. The van der Waals surface area contributed by atoms with E-state index in [2.05, 4.69) is 15.3 Å². The Bertz CT molecular complexity index is 1020. The molecule has 4 rings (SSSR count). The van der Waals surface area contributed by atoms with Crippen LogP contribution in [0.3, 0.4) is 0 Å². The van der Waals surface area contributed by atoms with Crippen molar-refractivity contribution < 1.29 is 9.21 Å². The van der Waals surface area contributed by atoms with Crippen molar-refractivity contribution in [3.05, 3.63) is 65.1 Å². The number of carbonyl (C=O) groups excluding carboxylic acids is 1. The van der Waals surface area contributed by atoms with Crippen LogP contribution < -0.4 is 15.8 Å². The highest BCUT2D eigenvalue weighted by atomic mass is 16.3. The molecule has 0 aliphatic carbocycles. The molecule has 0 spiro atoms. The maximum absolute atomic E-state index is 12.7. The molecule has 3 heterocycles. The van der Waals surface area contributed by atoms with Crippen LogP contribution in [-0.4, -0.2) is 28.8 Å². The summed E-state index contributed by atoms with van der Waals surface area (Å²) in [6, 6.07) is 14.3. The molecule has 150 valence electrons. The number of rotatable bonds is 5. The molecule has 0 unspecified atom stereocenters. The Hall–Kier alpha value is -3.35. The summed E-state index contributed by atoms with van der Waals surface area (Å²) in [5.74, 6) is 0.254. The Labute approximate surface area is 169 Å². The van der Waals surface area contributed by atoms with E-state index in [9.17, 15) is 9.59 Å². The molecule has 0 atom stereocenters. The van der Waals surface area contributed by atoms with Crippen molar-refractivity contribution in [1.29, 1.82) is 0 Å². The molecule has 2 aromatic heterocycles. The fourth-order valence-electron chi connectivity index (χ4n) is 3.61. The van der Waals surface area contributed by atoms with Gasteiger partial charge in [-0.25, -0.2) is 4.68 Å². The zero-order valence-electron chi connectivity index (χ0n) is 16.2. The third-order valence-corrected chi connectivity index (χ3v) is 5.06. The molecule has 1 aliphatic heterocycles. The number of hydrogen-bond donors (Lipinski definition) is 1. The summed E-state index contributed by atoms with van der Waals surface area (Å²) < 4.78 is 6.48. The summed E-state index contributed by atoms with van der Waals surface area (Å²) in [5.41, 5.74) is 1.95. The Morgan fingerprint density at radius 1 is 1.00 bits per heavy atom. The second kappa shape index (κ2) is 8.77. The zero-order chi connectivity index (χ0) is 20.1. The van der Waals surface area contributed by atoms with Gasteiger partial charge in [0.25, 0.3) is 5.56 Å². The van der Waals surface area contributed by atoms with Gasteiger partial charge in [-0.15, -0.1) is 0 Å². The van der Waals surface area contributed by atoms with Crippen LogP contribution in [0.2, 0.25) is 0 Å². The smallest absolute Gasteiger partial charge is 0.267 e. The van der Waals surface area contributed by atoms with Crippen LogP contribution in [0.5, 0.6) is 0 Å². The van der Waals surface area contributed by atoms with Crippen molar-refractivity contribution in [3.8, 4) is 11.5 Å². The van der Waals surface area contributed by atoms with Crippen LogP contribution in [-0.2, 0) is 11.3 Å². The van der Waals surface area contributed by atoms with Gasteiger partial charge in [0.05, 0.1) is 17.6 Å². The van der Waals surface area contributed by atoms with Crippen LogP contribution in [0.15, 0.2) is 64.0 Å². The van der Waals surface area contributed by atoms with E-state index in [4.69, 9.17) is 4.42 Å². The molecule has 0 saturated carbocycles. The number of hydrogen-bond acceptors (Lipinski definition) is 5. The van der Waals surface area contributed by atoms with Gasteiger partial charge >= 0.3 is 0 Å². The highest BCUT2D eigenvalue weighted by Gasteiger charge is 2.16. The minimum Gasteiger partial charge on any atom is -0.463 e. The molecule has 0 radical (unpaired) electrons. The first-order valence-electron chi connectivity index (χ1n) is 9.96. The lowest BCUT2D eigenvalue weighted by Gasteiger charge is -2.25. The van der Waals surface area contributed by atoms with Crippen molar-refractivity contribution in [2.75, 3.05) is 23.3 Å². The van der Waals surface area contributed by atoms with Crippen molar-refractivity contribution in [2.24, 2.45) is 0 Å². The number of carbonyl (C=O) groups is 1. The summed E-state index contributed by atoms with van der Waals surface area (Å²) in [6.45, 7) is 1.81. The lowest BCUT2D eigenvalue weighted by Crippen LogP contribution is -2.30.